The summed E-state index contributed by atoms with van der Waals surface area (Å²) in [6.07, 6.45) is 3.76. The van der Waals surface area contributed by atoms with Crippen LogP contribution in [0.1, 0.15) is 36.3 Å². The van der Waals surface area contributed by atoms with Crippen LogP contribution in [0.2, 0.25) is 0 Å². The molecule has 0 spiro atoms. The molecule has 3 rings (SSSR count). The Morgan fingerprint density at radius 2 is 2.00 bits per heavy atom. The molecule has 1 fully saturated rings. The highest BCUT2D eigenvalue weighted by atomic mass is 32.2. The quantitative estimate of drug-likeness (QED) is 0.750. The average Bonchev–Trinajstić information content (AvgIpc) is 3.22. The predicted molar refractivity (Wildman–Crippen MR) is 99.3 cm³/mol. The number of likely N-dealkylation sites (tertiary alicyclic amines) is 1. The van der Waals surface area contributed by atoms with E-state index in [1.165, 1.54) is 23.9 Å². The molecule has 0 radical (unpaired) electrons. The van der Waals surface area contributed by atoms with E-state index in [0.717, 1.165) is 29.4 Å². The zero-order valence-corrected chi connectivity index (χ0v) is 16.3. The number of carbonyl (C=O) groups excluding carboxylic acids is 1. The van der Waals surface area contributed by atoms with E-state index in [2.05, 4.69) is 10.2 Å². The molecule has 1 aromatic heterocycles. The van der Waals surface area contributed by atoms with Crippen molar-refractivity contribution >= 4 is 17.7 Å². The molecule has 2 heterocycles. The number of carbonyl (C=O) groups is 1. The largest absolute Gasteiger partial charge is 0.331 e. The molecule has 0 N–H and O–H groups in total. The van der Waals surface area contributed by atoms with Crippen LogP contribution in [0.5, 0.6) is 0 Å². The van der Waals surface area contributed by atoms with Crippen molar-refractivity contribution in [3.8, 4) is 0 Å². The fraction of sp³-hybridized carbons (Fsp3) is 0.500. The first kappa shape index (κ1) is 18.8. The van der Waals surface area contributed by atoms with E-state index in [9.17, 15) is 9.18 Å². The molecule has 8 heteroatoms. The lowest BCUT2D eigenvalue weighted by atomic mass is 10.0. The Labute approximate surface area is 157 Å². The van der Waals surface area contributed by atoms with Crippen molar-refractivity contribution in [3.05, 3.63) is 41.5 Å². The molecule has 0 bridgehead atoms. The zero-order valence-electron chi connectivity index (χ0n) is 15.5. The average molecular weight is 377 g/mol. The molecule has 26 heavy (non-hydrogen) atoms. The number of hydrogen-bond acceptors (Lipinski definition) is 5. The second-order valence-electron chi connectivity index (χ2n) is 6.71. The summed E-state index contributed by atoms with van der Waals surface area (Å²) in [5.74, 6) is 0.524. The SMILES string of the molecule is CSc1nnc([C@@H]2CCCN2C(=O)[C@H](c2ccc(F)cc2)N(C)C)n1C. The first-order valence-corrected chi connectivity index (χ1v) is 9.82. The Balaban J connectivity index is 1.90. The molecule has 1 aliphatic heterocycles. The van der Waals surface area contributed by atoms with E-state index in [0.29, 0.717) is 6.54 Å². The Bertz CT molecular complexity index is 776. The zero-order chi connectivity index (χ0) is 18.8. The highest BCUT2D eigenvalue weighted by Crippen LogP contribution is 2.35. The van der Waals surface area contributed by atoms with Crippen LogP contribution in [-0.4, -0.2) is 57.4 Å². The van der Waals surface area contributed by atoms with Gasteiger partial charge in [-0.05, 0) is 50.9 Å². The third kappa shape index (κ3) is 3.48. The van der Waals surface area contributed by atoms with Crippen molar-refractivity contribution in [1.82, 2.24) is 24.6 Å². The van der Waals surface area contributed by atoms with Crippen LogP contribution >= 0.6 is 11.8 Å². The second-order valence-corrected chi connectivity index (χ2v) is 7.48. The molecule has 0 saturated carbocycles. The maximum Gasteiger partial charge on any atom is 0.245 e. The number of aromatic nitrogens is 3. The van der Waals surface area contributed by atoms with Gasteiger partial charge in [0.2, 0.25) is 5.91 Å². The Morgan fingerprint density at radius 3 is 2.58 bits per heavy atom. The predicted octanol–water partition coefficient (Wildman–Crippen LogP) is 2.64. The number of hydrogen-bond donors (Lipinski definition) is 0. The summed E-state index contributed by atoms with van der Waals surface area (Å²) in [4.78, 5) is 17.1. The summed E-state index contributed by atoms with van der Waals surface area (Å²) in [6, 6.07) is 5.62. The van der Waals surface area contributed by atoms with E-state index in [-0.39, 0.29) is 17.8 Å². The van der Waals surface area contributed by atoms with Crippen LogP contribution < -0.4 is 0 Å². The molecule has 140 valence electrons. The van der Waals surface area contributed by atoms with Crippen LogP contribution in [-0.2, 0) is 11.8 Å². The normalized spacial score (nSPS) is 18.5. The van der Waals surface area contributed by atoms with Gasteiger partial charge in [0.25, 0.3) is 0 Å². The Hall–Kier alpha value is -1.93. The molecule has 2 aromatic rings. The fourth-order valence-corrected chi connectivity index (χ4v) is 4.05. The van der Waals surface area contributed by atoms with Crippen molar-refractivity contribution in [1.29, 1.82) is 0 Å². The molecular weight excluding hydrogens is 353 g/mol. The number of likely N-dealkylation sites (N-methyl/N-ethyl adjacent to an activating group) is 1. The third-order valence-corrected chi connectivity index (χ3v) is 5.54. The van der Waals surface area contributed by atoms with Crippen molar-refractivity contribution in [3.63, 3.8) is 0 Å². The van der Waals surface area contributed by atoms with Crippen LogP contribution in [0.15, 0.2) is 29.4 Å². The highest BCUT2D eigenvalue weighted by molar-refractivity contribution is 7.98. The van der Waals surface area contributed by atoms with Gasteiger partial charge < -0.3 is 9.47 Å². The number of benzene rings is 1. The van der Waals surface area contributed by atoms with Crippen molar-refractivity contribution < 1.29 is 9.18 Å². The molecular formula is C18H24FN5OS. The molecule has 1 aliphatic rings. The van der Waals surface area contributed by atoms with Gasteiger partial charge in [-0.25, -0.2) is 4.39 Å². The van der Waals surface area contributed by atoms with Crippen molar-refractivity contribution in [2.75, 3.05) is 26.9 Å². The lowest BCUT2D eigenvalue weighted by molar-refractivity contribution is -0.137. The number of halogens is 1. The summed E-state index contributed by atoms with van der Waals surface area (Å²) >= 11 is 1.54. The standard InChI is InChI=1S/C18H24FN5OS/c1-22(2)15(12-7-9-13(19)10-8-12)17(25)24-11-5-6-14(24)16-20-21-18(26-4)23(16)3/h7-10,14-15H,5-6,11H2,1-4H3/t14-,15-/m0/s1. The topological polar surface area (TPSA) is 54.3 Å². The first-order valence-electron chi connectivity index (χ1n) is 8.59. The van der Waals surface area contributed by atoms with Gasteiger partial charge in [-0.15, -0.1) is 10.2 Å². The number of rotatable bonds is 5. The van der Waals surface area contributed by atoms with Gasteiger partial charge in [0.05, 0.1) is 6.04 Å². The van der Waals surface area contributed by atoms with E-state index in [1.54, 1.807) is 12.1 Å². The van der Waals surface area contributed by atoms with Gasteiger partial charge in [-0.1, -0.05) is 23.9 Å². The van der Waals surface area contributed by atoms with Crippen LogP contribution in [0.4, 0.5) is 4.39 Å². The number of nitrogens with zero attached hydrogens (tertiary/aromatic N) is 5. The first-order chi connectivity index (χ1) is 12.4. The summed E-state index contributed by atoms with van der Waals surface area (Å²) in [7, 11) is 5.67. The highest BCUT2D eigenvalue weighted by Gasteiger charge is 2.38. The minimum absolute atomic E-state index is 0.0119. The van der Waals surface area contributed by atoms with E-state index in [1.807, 2.05) is 41.8 Å². The Kier molecular flexibility index (Phi) is 5.62. The number of thioether (sulfide) groups is 1. The molecule has 0 aliphatic carbocycles. The molecule has 6 nitrogen and oxygen atoms in total. The van der Waals surface area contributed by atoms with Crippen LogP contribution in [0, 0.1) is 5.82 Å². The van der Waals surface area contributed by atoms with E-state index < -0.39 is 6.04 Å². The van der Waals surface area contributed by atoms with Crippen LogP contribution in [0.3, 0.4) is 0 Å². The minimum atomic E-state index is -0.454. The van der Waals surface area contributed by atoms with Gasteiger partial charge in [0.1, 0.15) is 11.9 Å². The summed E-state index contributed by atoms with van der Waals surface area (Å²) in [5.41, 5.74) is 0.787. The maximum atomic E-state index is 13.4. The van der Waals surface area contributed by atoms with Gasteiger partial charge in [0.15, 0.2) is 11.0 Å². The minimum Gasteiger partial charge on any atom is -0.331 e. The van der Waals surface area contributed by atoms with Gasteiger partial charge in [0, 0.05) is 13.6 Å². The maximum absolute atomic E-state index is 13.4. The summed E-state index contributed by atoms with van der Waals surface area (Å²) in [5, 5.41) is 9.37. The van der Waals surface area contributed by atoms with Crippen molar-refractivity contribution in [2.45, 2.75) is 30.1 Å². The second kappa shape index (κ2) is 7.75. The monoisotopic (exact) mass is 377 g/mol. The lowest BCUT2D eigenvalue weighted by Gasteiger charge is -2.31. The van der Waals surface area contributed by atoms with Crippen LogP contribution in [0.25, 0.3) is 0 Å². The molecule has 1 aromatic carbocycles. The summed E-state index contributed by atoms with van der Waals surface area (Å²) < 4.78 is 15.2. The molecule has 1 saturated heterocycles. The summed E-state index contributed by atoms with van der Waals surface area (Å²) in [6.45, 7) is 0.691. The van der Waals surface area contributed by atoms with Gasteiger partial charge in [-0.2, -0.15) is 0 Å². The Morgan fingerprint density at radius 1 is 1.31 bits per heavy atom. The van der Waals surface area contributed by atoms with Gasteiger partial charge in [-0.3, -0.25) is 9.69 Å². The fourth-order valence-electron chi connectivity index (χ4n) is 3.56. The van der Waals surface area contributed by atoms with E-state index in [4.69, 9.17) is 0 Å². The molecule has 1 amide bonds. The van der Waals surface area contributed by atoms with Crippen molar-refractivity contribution in [2.24, 2.45) is 7.05 Å². The van der Waals surface area contributed by atoms with Gasteiger partial charge >= 0.3 is 0 Å². The third-order valence-electron chi connectivity index (χ3n) is 4.82. The smallest absolute Gasteiger partial charge is 0.245 e. The van der Waals surface area contributed by atoms with E-state index >= 15 is 0 Å². The molecule has 0 unspecified atom stereocenters. The molecule has 2 atom stereocenters. The lowest BCUT2D eigenvalue weighted by Crippen LogP contribution is -2.40. The number of amides is 1.